The average molecular weight is 445 g/mol. The maximum absolute atomic E-state index is 13.0. The summed E-state index contributed by atoms with van der Waals surface area (Å²) in [5, 5.41) is 3.06. The smallest absolute Gasteiger partial charge is 0.253 e. The second kappa shape index (κ2) is 10.5. The molecular formula is C27H28N2O2S. The summed E-state index contributed by atoms with van der Waals surface area (Å²) >= 11 is 1.88. The molecule has 3 aromatic rings. The van der Waals surface area contributed by atoms with Crippen LogP contribution in [0.15, 0.2) is 78.9 Å². The number of hydrogen-bond acceptors (Lipinski definition) is 3. The zero-order valence-corrected chi connectivity index (χ0v) is 19.1. The molecule has 5 heteroatoms. The van der Waals surface area contributed by atoms with Crippen LogP contribution >= 0.6 is 11.8 Å². The molecule has 0 spiro atoms. The summed E-state index contributed by atoms with van der Waals surface area (Å²) < 4.78 is 0. The monoisotopic (exact) mass is 444 g/mol. The molecule has 3 aromatic carbocycles. The fraction of sp³-hybridized carbons (Fsp3) is 0.259. The number of carbonyl (C=O) groups excluding carboxylic acids is 2. The van der Waals surface area contributed by atoms with Crippen molar-refractivity contribution in [2.45, 2.75) is 19.3 Å². The largest absolute Gasteiger partial charge is 0.337 e. The van der Waals surface area contributed by atoms with Gasteiger partial charge in [0.2, 0.25) is 5.91 Å². The molecule has 2 amide bonds. The van der Waals surface area contributed by atoms with E-state index < -0.39 is 0 Å². The Morgan fingerprint density at radius 2 is 1.50 bits per heavy atom. The van der Waals surface area contributed by atoms with Crippen LogP contribution < -0.4 is 5.32 Å². The summed E-state index contributed by atoms with van der Waals surface area (Å²) in [6.45, 7) is 3.52. The fourth-order valence-corrected chi connectivity index (χ4v) is 4.97. The highest BCUT2D eigenvalue weighted by Gasteiger charge is 2.21. The second-order valence-electron chi connectivity index (χ2n) is 8.06. The van der Waals surface area contributed by atoms with E-state index in [0.29, 0.717) is 12.0 Å². The fourth-order valence-electron chi connectivity index (χ4n) is 4.07. The number of anilines is 1. The lowest BCUT2D eigenvalue weighted by Gasteiger charge is -2.26. The summed E-state index contributed by atoms with van der Waals surface area (Å²) in [6, 6.07) is 25.8. The van der Waals surface area contributed by atoms with Gasteiger partial charge in [-0.2, -0.15) is 11.8 Å². The Balaban J connectivity index is 1.47. The number of nitrogens with zero attached hydrogens (tertiary/aromatic N) is 1. The Labute approximate surface area is 194 Å². The van der Waals surface area contributed by atoms with Crippen molar-refractivity contribution in [2.24, 2.45) is 0 Å². The molecule has 1 aliphatic heterocycles. The molecule has 0 bridgehead atoms. The molecule has 1 N–H and O–H groups in total. The maximum atomic E-state index is 13.0. The Morgan fingerprint density at radius 1 is 0.906 bits per heavy atom. The quantitative estimate of drug-likeness (QED) is 0.558. The van der Waals surface area contributed by atoms with Gasteiger partial charge in [-0.05, 0) is 41.8 Å². The van der Waals surface area contributed by atoms with Gasteiger partial charge in [0, 0.05) is 48.2 Å². The van der Waals surface area contributed by atoms with Crippen molar-refractivity contribution in [3.05, 3.63) is 101 Å². The Kier molecular flexibility index (Phi) is 7.28. The van der Waals surface area contributed by atoms with Crippen molar-refractivity contribution >= 4 is 29.3 Å². The van der Waals surface area contributed by atoms with Crippen molar-refractivity contribution in [2.75, 3.05) is 29.9 Å². The Morgan fingerprint density at radius 3 is 2.06 bits per heavy atom. The first-order chi connectivity index (χ1) is 15.6. The SMILES string of the molecule is Cc1cc(C(=O)N2CCSCC2)ccc1NC(=O)CC(c1ccccc1)c1ccccc1. The first-order valence-corrected chi connectivity index (χ1v) is 12.1. The second-order valence-corrected chi connectivity index (χ2v) is 9.29. The van der Waals surface area contributed by atoms with Crippen LogP contribution in [0.1, 0.15) is 39.4 Å². The number of thioether (sulfide) groups is 1. The number of hydrogen-bond donors (Lipinski definition) is 1. The number of carbonyl (C=O) groups is 2. The lowest BCUT2D eigenvalue weighted by molar-refractivity contribution is -0.116. The highest BCUT2D eigenvalue weighted by molar-refractivity contribution is 7.99. The van der Waals surface area contributed by atoms with Crippen LogP contribution in [-0.4, -0.2) is 41.3 Å². The van der Waals surface area contributed by atoms with Crippen LogP contribution in [-0.2, 0) is 4.79 Å². The molecule has 164 valence electrons. The third-order valence-electron chi connectivity index (χ3n) is 5.84. The first kappa shape index (κ1) is 22.2. The van der Waals surface area contributed by atoms with Gasteiger partial charge in [0.05, 0.1) is 0 Å². The van der Waals surface area contributed by atoms with E-state index in [1.165, 1.54) is 0 Å². The molecule has 0 aromatic heterocycles. The lowest BCUT2D eigenvalue weighted by atomic mass is 9.88. The van der Waals surface area contributed by atoms with Crippen LogP contribution in [0.3, 0.4) is 0 Å². The van der Waals surface area contributed by atoms with E-state index >= 15 is 0 Å². The Bertz CT molecular complexity index is 1020. The van der Waals surface area contributed by atoms with Crippen LogP contribution in [0.25, 0.3) is 0 Å². The van der Waals surface area contributed by atoms with E-state index in [0.717, 1.165) is 47.0 Å². The molecule has 0 saturated carbocycles. The number of rotatable bonds is 6. The molecule has 1 fully saturated rings. The number of benzene rings is 3. The molecule has 0 atom stereocenters. The van der Waals surface area contributed by atoms with E-state index in [1.807, 2.05) is 78.2 Å². The minimum Gasteiger partial charge on any atom is -0.337 e. The number of nitrogens with one attached hydrogen (secondary N) is 1. The molecule has 1 aliphatic rings. The van der Waals surface area contributed by atoms with Crippen molar-refractivity contribution < 1.29 is 9.59 Å². The van der Waals surface area contributed by atoms with Gasteiger partial charge < -0.3 is 10.2 Å². The summed E-state index contributed by atoms with van der Waals surface area (Å²) in [6.07, 6.45) is 0.347. The van der Waals surface area contributed by atoms with Crippen molar-refractivity contribution in [1.29, 1.82) is 0 Å². The lowest BCUT2D eigenvalue weighted by Crippen LogP contribution is -2.37. The molecule has 4 rings (SSSR count). The van der Waals surface area contributed by atoms with Gasteiger partial charge in [0.15, 0.2) is 0 Å². The number of amides is 2. The summed E-state index contributed by atoms with van der Waals surface area (Å²) in [5.41, 5.74) is 4.56. The summed E-state index contributed by atoms with van der Waals surface area (Å²) in [5.74, 6) is 1.99. The van der Waals surface area contributed by atoms with Gasteiger partial charge in [-0.25, -0.2) is 0 Å². The van der Waals surface area contributed by atoms with Crippen molar-refractivity contribution in [1.82, 2.24) is 4.90 Å². The maximum Gasteiger partial charge on any atom is 0.253 e. The van der Waals surface area contributed by atoms with Gasteiger partial charge in [-0.1, -0.05) is 60.7 Å². The third kappa shape index (κ3) is 5.40. The third-order valence-corrected chi connectivity index (χ3v) is 6.78. The van der Waals surface area contributed by atoms with Gasteiger partial charge >= 0.3 is 0 Å². The van der Waals surface area contributed by atoms with E-state index in [1.54, 1.807) is 0 Å². The Hall–Kier alpha value is -3.05. The molecule has 0 aliphatic carbocycles. The van der Waals surface area contributed by atoms with E-state index in [4.69, 9.17) is 0 Å². The van der Waals surface area contributed by atoms with Crippen LogP contribution in [0.5, 0.6) is 0 Å². The molecule has 1 heterocycles. The van der Waals surface area contributed by atoms with Crippen molar-refractivity contribution in [3.63, 3.8) is 0 Å². The average Bonchev–Trinajstić information content (AvgIpc) is 2.85. The normalized spacial score (nSPS) is 13.8. The van der Waals surface area contributed by atoms with Crippen LogP contribution in [0.4, 0.5) is 5.69 Å². The van der Waals surface area contributed by atoms with Crippen molar-refractivity contribution in [3.8, 4) is 0 Å². The van der Waals surface area contributed by atoms with Gasteiger partial charge in [-0.15, -0.1) is 0 Å². The zero-order chi connectivity index (χ0) is 22.3. The minimum atomic E-state index is -0.0436. The van der Waals surface area contributed by atoms with Crippen LogP contribution in [0, 0.1) is 6.92 Å². The van der Waals surface area contributed by atoms with Gasteiger partial charge in [-0.3, -0.25) is 9.59 Å². The predicted octanol–water partition coefficient (Wildman–Crippen LogP) is 5.34. The molecular weight excluding hydrogens is 416 g/mol. The molecule has 0 unspecified atom stereocenters. The molecule has 1 saturated heterocycles. The van der Waals surface area contributed by atoms with E-state index in [2.05, 4.69) is 29.6 Å². The summed E-state index contributed by atoms with van der Waals surface area (Å²) in [7, 11) is 0. The molecule has 4 nitrogen and oxygen atoms in total. The number of aryl methyl sites for hydroxylation is 1. The minimum absolute atomic E-state index is 0.0180. The highest BCUT2D eigenvalue weighted by atomic mass is 32.2. The van der Waals surface area contributed by atoms with E-state index in [9.17, 15) is 9.59 Å². The first-order valence-electron chi connectivity index (χ1n) is 11.0. The van der Waals surface area contributed by atoms with Gasteiger partial charge in [0.1, 0.15) is 0 Å². The molecule has 32 heavy (non-hydrogen) atoms. The van der Waals surface area contributed by atoms with E-state index in [-0.39, 0.29) is 17.7 Å². The molecule has 0 radical (unpaired) electrons. The predicted molar refractivity (Wildman–Crippen MR) is 132 cm³/mol. The standard InChI is InChI=1S/C27H28N2O2S/c1-20-18-23(27(31)29-14-16-32-17-15-29)12-13-25(20)28-26(30)19-24(21-8-4-2-5-9-21)22-10-6-3-7-11-22/h2-13,18,24H,14-17,19H2,1H3,(H,28,30). The van der Waals surface area contributed by atoms with Gasteiger partial charge in [0.25, 0.3) is 5.91 Å². The highest BCUT2D eigenvalue weighted by Crippen LogP contribution is 2.29. The zero-order valence-electron chi connectivity index (χ0n) is 18.3. The van der Waals surface area contributed by atoms with Crippen LogP contribution in [0.2, 0.25) is 0 Å². The topological polar surface area (TPSA) is 49.4 Å². The summed E-state index contributed by atoms with van der Waals surface area (Å²) in [4.78, 5) is 27.7.